The topological polar surface area (TPSA) is 120 Å². The third-order valence-corrected chi connectivity index (χ3v) is 6.16. The number of aromatic nitrogens is 6. The van der Waals surface area contributed by atoms with Gasteiger partial charge in [-0.15, -0.1) is 5.10 Å². The molecule has 180 valence electrons. The van der Waals surface area contributed by atoms with Crippen LogP contribution in [0.5, 0.6) is 5.75 Å². The number of ether oxygens (including phenoxy) is 1. The predicted octanol–water partition coefficient (Wildman–Crippen LogP) is 2.75. The Labute approximate surface area is 196 Å². The Morgan fingerprint density at radius 1 is 1.26 bits per heavy atom. The maximum Gasteiger partial charge on any atom is 0.223 e. The number of nitrogens with zero attached hydrogens (tertiary/aromatic N) is 7. The first-order chi connectivity index (χ1) is 16.2. The number of halogens is 1. The second-order valence-electron chi connectivity index (χ2n) is 9.53. The fraction of sp³-hybridized carbons (Fsp3) is 0.478. The molecule has 4 heterocycles. The summed E-state index contributed by atoms with van der Waals surface area (Å²) in [6.45, 7) is 5.56. The van der Waals surface area contributed by atoms with Crippen LogP contribution in [0, 0.1) is 5.82 Å². The zero-order chi connectivity index (χ0) is 24.0. The number of anilines is 2. The van der Waals surface area contributed by atoms with Crippen LogP contribution in [0.3, 0.4) is 0 Å². The summed E-state index contributed by atoms with van der Waals surface area (Å²) in [6.07, 6.45) is 6.80. The van der Waals surface area contributed by atoms with Crippen molar-refractivity contribution in [3.8, 4) is 5.75 Å². The van der Waals surface area contributed by atoms with Crippen molar-refractivity contribution in [3.63, 3.8) is 0 Å². The van der Waals surface area contributed by atoms with Gasteiger partial charge >= 0.3 is 0 Å². The lowest BCUT2D eigenvalue weighted by Crippen LogP contribution is -2.28. The van der Waals surface area contributed by atoms with Gasteiger partial charge in [0, 0.05) is 36.7 Å². The van der Waals surface area contributed by atoms with Crippen molar-refractivity contribution in [3.05, 3.63) is 36.2 Å². The lowest BCUT2D eigenvalue weighted by molar-refractivity contribution is 0.0577. The van der Waals surface area contributed by atoms with Crippen molar-refractivity contribution in [2.75, 3.05) is 30.8 Å². The molecule has 34 heavy (non-hydrogen) atoms. The number of hydrogen-bond donors (Lipinski definition) is 2. The molecule has 0 amide bonds. The second-order valence-corrected chi connectivity index (χ2v) is 9.53. The molecule has 1 aliphatic heterocycles. The van der Waals surface area contributed by atoms with E-state index in [2.05, 4.69) is 20.1 Å². The van der Waals surface area contributed by atoms with Crippen LogP contribution in [0.2, 0.25) is 0 Å². The van der Waals surface area contributed by atoms with E-state index in [1.807, 2.05) is 12.4 Å². The highest BCUT2D eigenvalue weighted by Crippen LogP contribution is 2.31. The number of fused-ring (bicyclic) bond motifs is 3. The summed E-state index contributed by atoms with van der Waals surface area (Å²) < 4.78 is 22.8. The van der Waals surface area contributed by atoms with Crippen LogP contribution in [0.4, 0.5) is 16.0 Å². The van der Waals surface area contributed by atoms with E-state index in [9.17, 15) is 9.50 Å². The van der Waals surface area contributed by atoms with Crippen molar-refractivity contribution < 1.29 is 14.2 Å². The van der Waals surface area contributed by atoms with E-state index < -0.39 is 11.4 Å². The highest BCUT2D eigenvalue weighted by molar-refractivity contribution is 5.93. The van der Waals surface area contributed by atoms with Gasteiger partial charge in [-0.05, 0) is 32.8 Å². The van der Waals surface area contributed by atoms with Crippen molar-refractivity contribution in [2.24, 2.45) is 0 Å². The zero-order valence-corrected chi connectivity index (χ0v) is 19.6. The molecule has 0 spiro atoms. The molecule has 0 aliphatic carbocycles. The van der Waals surface area contributed by atoms with Crippen LogP contribution < -0.4 is 15.4 Å². The maximum atomic E-state index is 14.4. The predicted molar refractivity (Wildman–Crippen MR) is 127 cm³/mol. The number of benzene rings is 1. The molecular weight excluding hydrogens is 439 g/mol. The molecule has 1 fully saturated rings. The summed E-state index contributed by atoms with van der Waals surface area (Å²) in [4.78, 5) is 11.4. The summed E-state index contributed by atoms with van der Waals surface area (Å²) in [5.41, 5.74) is 7.31. The van der Waals surface area contributed by atoms with Gasteiger partial charge in [-0.2, -0.15) is 9.61 Å². The van der Waals surface area contributed by atoms with E-state index in [4.69, 9.17) is 15.5 Å². The molecule has 4 aromatic rings. The molecule has 5 rings (SSSR count). The first-order valence-corrected chi connectivity index (χ1v) is 11.4. The molecule has 1 atom stereocenters. The summed E-state index contributed by atoms with van der Waals surface area (Å²) in [6, 6.07) is 2.89. The Morgan fingerprint density at radius 2 is 2.09 bits per heavy atom. The molecular formula is C23H29FN8O2. The number of rotatable bonds is 5. The van der Waals surface area contributed by atoms with Gasteiger partial charge in [0.25, 0.3) is 0 Å². The summed E-state index contributed by atoms with van der Waals surface area (Å²) in [5, 5.41) is 19.7. The van der Waals surface area contributed by atoms with Gasteiger partial charge in [0.2, 0.25) is 5.95 Å². The van der Waals surface area contributed by atoms with Gasteiger partial charge in [0.15, 0.2) is 23.0 Å². The third kappa shape index (κ3) is 4.23. The van der Waals surface area contributed by atoms with Crippen LogP contribution >= 0.6 is 0 Å². The van der Waals surface area contributed by atoms with Gasteiger partial charge < -0.3 is 20.5 Å². The molecule has 3 N–H and O–H groups in total. The maximum absolute atomic E-state index is 14.4. The smallest absolute Gasteiger partial charge is 0.223 e. The van der Waals surface area contributed by atoms with E-state index in [0.717, 1.165) is 38.0 Å². The monoisotopic (exact) mass is 468 g/mol. The average Bonchev–Trinajstić information content (AvgIpc) is 3.35. The molecule has 0 radical (unpaired) electrons. The van der Waals surface area contributed by atoms with E-state index in [1.165, 1.54) is 23.8 Å². The SMILES string of the molecule is COc1cc2nc(N)n3nc([C@@H]4CCCCN(c5cnn(CC(C)(C)O)c5)C4)nc3c2cc1F. The second kappa shape index (κ2) is 8.39. The fourth-order valence-corrected chi connectivity index (χ4v) is 4.56. The van der Waals surface area contributed by atoms with Crippen molar-refractivity contribution in [1.29, 1.82) is 0 Å². The lowest BCUT2D eigenvalue weighted by atomic mass is 10.0. The highest BCUT2D eigenvalue weighted by Gasteiger charge is 2.26. The summed E-state index contributed by atoms with van der Waals surface area (Å²) in [5.74, 6) is 0.531. The van der Waals surface area contributed by atoms with E-state index in [-0.39, 0.29) is 17.6 Å². The number of nitrogen functional groups attached to an aromatic ring is 1. The normalized spacial score (nSPS) is 17.4. The van der Waals surface area contributed by atoms with Gasteiger partial charge in [-0.1, -0.05) is 6.42 Å². The minimum absolute atomic E-state index is 0.0672. The molecule has 11 heteroatoms. The lowest BCUT2D eigenvalue weighted by Gasteiger charge is -2.23. The van der Waals surface area contributed by atoms with E-state index in [0.29, 0.717) is 28.9 Å². The Bertz CT molecular complexity index is 1340. The minimum atomic E-state index is -0.842. The van der Waals surface area contributed by atoms with E-state index in [1.54, 1.807) is 18.5 Å². The minimum Gasteiger partial charge on any atom is -0.494 e. The van der Waals surface area contributed by atoms with Crippen LogP contribution in [0.1, 0.15) is 44.9 Å². The highest BCUT2D eigenvalue weighted by atomic mass is 19.1. The Morgan fingerprint density at radius 3 is 2.85 bits per heavy atom. The molecule has 3 aromatic heterocycles. The third-order valence-electron chi connectivity index (χ3n) is 6.16. The Balaban J connectivity index is 1.48. The number of nitrogens with two attached hydrogens (primary N) is 1. The average molecular weight is 469 g/mol. The quantitative estimate of drug-likeness (QED) is 0.459. The zero-order valence-electron chi connectivity index (χ0n) is 19.6. The van der Waals surface area contributed by atoms with Crippen LogP contribution in [0.25, 0.3) is 16.6 Å². The fourth-order valence-electron chi connectivity index (χ4n) is 4.56. The van der Waals surface area contributed by atoms with Crippen LogP contribution in [-0.2, 0) is 6.54 Å². The van der Waals surface area contributed by atoms with Crippen molar-refractivity contribution in [2.45, 2.75) is 51.2 Å². The largest absolute Gasteiger partial charge is 0.494 e. The molecule has 1 aromatic carbocycles. The van der Waals surface area contributed by atoms with Crippen molar-refractivity contribution in [1.82, 2.24) is 29.4 Å². The molecule has 0 saturated carbocycles. The summed E-state index contributed by atoms with van der Waals surface area (Å²) in [7, 11) is 1.41. The number of aliphatic hydroxyl groups is 1. The first-order valence-electron chi connectivity index (χ1n) is 11.4. The molecule has 10 nitrogen and oxygen atoms in total. The number of methoxy groups -OCH3 is 1. The molecule has 0 unspecified atom stereocenters. The Hall–Kier alpha value is -3.47. The van der Waals surface area contributed by atoms with Gasteiger partial charge in [0.05, 0.1) is 36.7 Å². The molecule has 0 bridgehead atoms. The summed E-state index contributed by atoms with van der Waals surface area (Å²) >= 11 is 0. The number of hydrogen-bond acceptors (Lipinski definition) is 8. The standard InChI is InChI=1S/C23H29FN8O2/c1-23(2,33)13-31-12-15(10-26-31)30-7-5-4-6-14(11-30)20-28-21-16-8-17(24)19(34-3)9-18(16)27-22(25)32(21)29-20/h8-10,12,14,33H,4-7,11,13H2,1-3H3,(H2,25,27)/t14-/m1/s1. The Kier molecular flexibility index (Phi) is 5.51. The van der Waals surface area contributed by atoms with Crippen LogP contribution in [-0.4, -0.2) is 60.3 Å². The van der Waals surface area contributed by atoms with Gasteiger partial charge in [-0.3, -0.25) is 4.68 Å². The van der Waals surface area contributed by atoms with Crippen molar-refractivity contribution >= 4 is 28.2 Å². The molecule has 1 aliphatic rings. The van der Waals surface area contributed by atoms with Gasteiger partial charge in [0.1, 0.15) is 0 Å². The van der Waals surface area contributed by atoms with Crippen LogP contribution in [0.15, 0.2) is 24.5 Å². The first kappa shape index (κ1) is 22.3. The van der Waals surface area contributed by atoms with E-state index >= 15 is 0 Å². The molecule has 1 saturated heterocycles. The van der Waals surface area contributed by atoms with Gasteiger partial charge in [-0.25, -0.2) is 14.4 Å².